The first-order chi connectivity index (χ1) is 8.77. The lowest BCUT2D eigenvalue weighted by molar-refractivity contribution is 0.189. The number of aryl methyl sites for hydroxylation is 1. The second-order valence-corrected chi connectivity index (χ2v) is 4.50. The second-order valence-electron chi connectivity index (χ2n) is 4.50. The molecule has 1 atom stereocenters. The van der Waals surface area contributed by atoms with Crippen LogP contribution in [0.15, 0.2) is 24.3 Å². The Morgan fingerprint density at radius 3 is 2.89 bits per heavy atom. The highest BCUT2D eigenvalue weighted by atomic mass is 16.5. The summed E-state index contributed by atoms with van der Waals surface area (Å²) >= 11 is 0. The van der Waals surface area contributed by atoms with Crippen LogP contribution in [-0.4, -0.2) is 30.5 Å². The maximum absolute atomic E-state index is 5.11. The van der Waals surface area contributed by atoms with Gasteiger partial charge in [-0.05, 0) is 26.0 Å². The molecule has 0 saturated heterocycles. The van der Waals surface area contributed by atoms with E-state index in [9.17, 15) is 0 Å². The molecule has 2 rings (SSSR count). The van der Waals surface area contributed by atoms with Crippen molar-refractivity contribution in [2.75, 3.05) is 20.8 Å². The zero-order chi connectivity index (χ0) is 13.0. The predicted octanol–water partition coefficient (Wildman–Crippen LogP) is 2.26. The molecule has 4 nitrogen and oxygen atoms in total. The molecule has 98 valence electrons. The Bertz CT molecular complexity index is 507. The lowest BCUT2D eigenvalue weighted by Gasteiger charge is -2.13. The Kier molecular flexibility index (Phi) is 4.33. The molecule has 0 radical (unpaired) electrons. The van der Waals surface area contributed by atoms with E-state index in [-0.39, 0.29) is 6.04 Å². The number of hydrogen-bond donors (Lipinski definition) is 1. The molecule has 0 spiro atoms. The third kappa shape index (κ3) is 2.54. The maximum atomic E-state index is 5.11. The van der Waals surface area contributed by atoms with Gasteiger partial charge in [-0.25, -0.2) is 0 Å². The van der Waals surface area contributed by atoms with Crippen molar-refractivity contribution in [2.24, 2.45) is 7.05 Å². The first kappa shape index (κ1) is 13.1. The largest absolute Gasteiger partial charge is 0.385 e. The fourth-order valence-electron chi connectivity index (χ4n) is 2.35. The average Bonchev–Trinajstić information content (AvgIpc) is 2.73. The van der Waals surface area contributed by atoms with Crippen molar-refractivity contribution < 1.29 is 4.74 Å². The molecule has 1 heterocycles. The fourth-order valence-corrected chi connectivity index (χ4v) is 2.35. The summed E-state index contributed by atoms with van der Waals surface area (Å²) in [5.74, 6) is 0. The first-order valence-electron chi connectivity index (χ1n) is 6.35. The van der Waals surface area contributed by atoms with Crippen LogP contribution in [0.4, 0.5) is 0 Å². The van der Waals surface area contributed by atoms with Gasteiger partial charge in [0.1, 0.15) is 0 Å². The Labute approximate surface area is 108 Å². The highest BCUT2D eigenvalue weighted by Gasteiger charge is 2.16. The maximum Gasteiger partial charge on any atom is 0.0872 e. The van der Waals surface area contributed by atoms with Crippen LogP contribution >= 0.6 is 0 Å². The van der Waals surface area contributed by atoms with Gasteiger partial charge in [0.2, 0.25) is 0 Å². The summed E-state index contributed by atoms with van der Waals surface area (Å²) in [6, 6.07) is 8.64. The molecule has 1 aromatic carbocycles. The Morgan fingerprint density at radius 1 is 1.39 bits per heavy atom. The van der Waals surface area contributed by atoms with Crippen LogP contribution in [0.25, 0.3) is 10.9 Å². The molecule has 1 unspecified atom stereocenters. The number of para-hydroxylation sites is 1. The van der Waals surface area contributed by atoms with Gasteiger partial charge < -0.3 is 10.1 Å². The second kappa shape index (κ2) is 5.98. The molecule has 1 aromatic heterocycles. The highest BCUT2D eigenvalue weighted by molar-refractivity contribution is 5.82. The Hall–Kier alpha value is -1.39. The lowest BCUT2D eigenvalue weighted by Crippen LogP contribution is -2.18. The number of nitrogens with one attached hydrogen (secondary N) is 1. The van der Waals surface area contributed by atoms with E-state index >= 15 is 0 Å². The van der Waals surface area contributed by atoms with Gasteiger partial charge in [-0.3, -0.25) is 4.68 Å². The summed E-state index contributed by atoms with van der Waals surface area (Å²) in [6.45, 7) is 0.795. The van der Waals surface area contributed by atoms with Crippen molar-refractivity contribution in [1.29, 1.82) is 0 Å². The third-order valence-corrected chi connectivity index (χ3v) is 3.31. The minimum absolute atomic E-state index is 0.284. The summed E-state index contributed by atoms with van der Waals surface area (Å²) in [6.07, 6.45) is 2.07. The van der Waals surface area contributed by atoms with Gasteiger partial charge >= 0.3 is 0 Å². The molecule has 18 heavy (non-hydrogen) atoms. The molecule has 0 aliphatic heterocycles. The van der Waals surface area contributed by atoms with E-state index in [1.165, 1.54) is 10.9 Å². The van der Waals surface area contributed by atoms with Gasteiger partial charge in [0, 0.05) is 26.2 Å². The summed E-state index contributed by atoms with van der Waals surface area (Å²) in [5.41, 5.74) is 2.31. The number of aromatic nitrogens is 2. The first-order valence-corrected chi connectivity index (χ1v) is 6.35. The summed E-state index contributed by atoms with van der Waals surface area (Å²) in [4.78, 5) is 0. The van der Waals surface area contributed by atoms with Crippen molar-refractivity contribution >= 4 is 10.9 Å². The van der Waals surface area contributed by atoms with Gasteiger partial charge in [0.15, 0.2) is 0 Å². The van der Waals surface area contributed by atoms with E-state index in [0.29, 0.717) is 0 Å². The molecule has 1 N–H and O–H groups in total. The van der Waals surface area contributed by atoms with Gasteiger partial charge in [-0.2, -0.15) is 5.10 Å². The van der Waals surface area contributed by atoms with Crippen LogP contribution < -0.4 is 5.32 Å². The number of methoxy groups -OCH3 is 1. The SMILES string of the molecule is CNC(CCCOC)c1nn(C)c2ccccc12. The number of ether oxygens (including phenoxy) is 1. The molecule has 0 aliphatic rings. The molecule has 0 bridgehead atoms. The molecule has 2 aromatic rings. The van der Waals surface area contributed by atoms with E-state index in [1.54, 1.807) is 7.11 Å². The monoisotopic (exact) mass is 247 g/mol. The van der Waals surface area contributed by atoms with Crippen LogP contribution in [0.5, 0.6) is 0 Å². The number of hydrogen-bond acceptors (Lipinski definition) is 3. The van der Waals surface area contributed by atoms with Crippen molar-refractivity contribution in [3.05, 3.63) is 30.0 Å². The fraction of sp³-hybridized carbons (Fsp3) is 0.500. The van der Waals surface area contributed by atoms with Crippen molar-refractivity contribution in [1.82, 2.24) is 15.1 Å². The van der Waals surface area contributed by atoms with Crippen LogP contribution in [0.2, 0.25) is 0 Å². The summed E-state index contributed by atoms with van der Waals surface area (Å²) in [7, 11) is 5.72. The zero-order valence-electron chi connectivity index (χ0n) is 11.3. The predicted molar refractivity (Wildman–Crippen MR) is 73.6 cm³/mol. The molecule has 0 aliphatic carbocycles. The quantitative estimate of drug-likeness (QED) is 0.796. The zero-order valence-corrected chi connectivity index (χ0v) is 11.3. The number of nitrogens with zero attached hydrogens (tertiary/aromatic N) is 2. The van der Waals surface area contributed by atoms with Crippen molar-refractivity contribution in [2.45, 2.75) is 18.9 Å². The van der Waals surface area contributed by atoms with Crippen molar-refractivity contribution in [3.63, 3.8) is 0 Å². The molecule has 0 saturated carbocycles. The van der Waals surface area contributed by atoms with Crippen LogP contribution in [0.3, 0.4) is 0 Å². The normalized spacial score (nSPS) is 13.1. The van der Waals surface area contributed by atoms with Gasteiger partial charge in [-0.1, -0.05) is 18.2 Å². The Balaban J connectivity index is 2.27. The lowest BCUT2D eigenvalue weighted by atomic mass is 10.0. The van der Waals surface area contributed by atoms with E-state index in [0.717, 1.165) is 25.1 Å². The highest BCUT2D eigenvalue weighted by Crippen LogP contribution is 2.25. The average molecular weight is 247 g/mol. The molecule has 4 heteroatoms. The molecular formula is C14H21N3O. The molecule has 0 fully saturated rings. The van der Waals surface area contributed by atoms with E-state index in [2.05, 4.69) is 28.6 Å². The van der Waals surface area contributed by atoms with E-state index in [1.807, 2.05) is 24.8 Å². The minimum atomic E-state index is 0.284. The smallest absolute Gasteiger partial charge is 0.0872 e. The van der Waals surface area contributed by atoms with Gasteiger partial charge in [0.25, 0.3) is 0 Å². The molecule has 0 amide bonds. The molecular weight excluding hydrogens is 226 g/mol. The van der Waals surface area contributed by atoms with Crippen LogP contribution in [-0.2, 0) is 11.8 Å². The van der Waals surface area contributed by atoms with E-state index < -0.39 is 0 Å². The minimum Gasteiger partial charge on any atom is -0.385 e. The summed E-state index contributed by atoms with van der Waals surface area (Å²) < 4.78 is 7.06. The van der Waals surface area contributed by atoms with Gasteiger partial charge in [-0.15, -0.1) is 0 Å². The Morgan fingerprint density at radius 2 is 2.17 bits per heavy atom. The van der Waals surface area contributed by atoms with Gasteiger partial charge in [0.05, 0.1) is 17.3 Å². The van der Waals surface area contributed by atoms with Crippen LogP contribution in [0, 0.1) is 0 Å². The number of benzene rings is 1. The summed E-state index contributed by atoms with van der Waals surface area (Å²) in [5, 5.41) is 9.24. The number of fused-ring (bicyclic) bond motifs is 1. The van der Waals surface area contributed by atoms with E-state index in [4.69, 9.17) is 4.74 Å². The number of rotatable bonds is 6. The third-order valence-electron chi connectivity index (χ3n) is 3.31. The standard InChI is InChI=1S/C14H21N3O/c1-15-12(8-6-10-18-3)14-11-7-4-5-9-13(11)17(2)16-14/h4-5,7,9,12,15H,6,8,10H2,1-3H3. The van der Waals surface area contributed by atoms with Crippen LogP contribution in [0.1, 0.15) is 24.6 Å². The van der Waals surface area contributed by atoms with Crippen molar-refractivity contribution in [3.8, 4) is 0 Å². The topological polar surface area (TPSA) is 39.1 Å².